The molecule has 21 heavy (non-hydrogen) atoms. The molecule has 2 aromatic carbocycles. The summed E-state index contributed by atoms with van der Waals surface area (Å²) >= 11 is 3.29. The van der Waals surface area contributed by atoms with Crippen molar-refractivity contribution in [3.05, 3.63) is 63.9 Å². The van der Waals surface area contributed by atoms with Crippen LogP contribution in [0.25, 0.3) is 0 Å². The summed E-state index contributed by atoms with van der Waals surface area (Å²) in [5, 5.41) is 0. The maximum Gasteiger partial charge on any atom is 0.243 e. The number of hydrogen-bond donors (Lipinski definition) is 0. The molecule has 0 aliphatic rings. The van der Waals surface area contributed by atoms with E-state index in [9.17, 15) is 12.8 Å². The van der Waals surface area contributed by atoms with E-state index < -0.39 is 10.0 Å². The van der Waals surface area contributed by atoms with Crippen molar-refractivity contribution in [1.29, 1.82) is 0 Å². The average Bonchev–Trinajstić information content (AvgIpc) is 2.43. The molecule has 0 unspecified atom stereocenters. The predicted octanol–water partition coefficient (Wildman–Crippen LogP) is 3.72. The Morgan fingerprint density at radius 3 is 2.38 bits per heavy atom. The third-order valence-corrected chi connectivity index (χ3v) is 5.60. The maximum absolute atomic E-state index is 12.9. The monoisotopic (exact) mass is 371 g/mol. The van der Waals surface area contributed by atoms with Crippen molar-refractivity contribution >= 4 is 26.0 Å². The Bertz CT molecular complexity index is 745. The second-order valence-electron chi connectivity index (χ2n) is 4.80. The zero-order chi connectivity index (χ0) is 15.6. The van der Waals surface area contributed by atoms with Gasteiger partial charge in [0, 0.05) is 18.1 Å². The highest BCUT2D eigenvalue weighted by Gasteiger charge is 2.23. The van der Waals surface area contributed by atoms with Crippen LogP contribution in [-0.4, -0.2) is 19.8 Å². The van der Waals surface area contributed by atoms with Crippen LogP contribution >= 0.6 is 15.9 Å². The minimum atomic E-state index is -3.59. The molecular formula is C15H15BrFNO2S. The topological polar surface area (TPSA) is 37.4 Å². The van der Waals surface area contributed by atoms with Gasteiger partial charge in [-0.15, -0.1) is 0 Å². The zero-order valence-electron chi connectivity index (χ0n) is 11.7. The summed E-state index contributed by atoms with van der Waals surface area (Å²) in [5.74, 6) is -0.341. The molecule has 2 rings (SSSR count). The van der Waals surface area contributed by atoms with Gasteiger partial charge in [-0.05, 0) is 42.3 Å². The molecule has 0 aliphatic carbocycles. The SMILES string of the molecule is Cc1ccc(Br)cc1S(=O)(=O)N(C)Cc1ccc(F)cc1. The van der Waals surface area contributed by atoms with Crippen molar-refractivity contribution in [3.8, 4) is 0 Å². The smallest absolute Gasteiger partial charge is 0.207 e. The summed E-state index contributed by atoms with van der Waals surface area (Å²) in [4.78, 5) is 0.265. The molecule has 112 valence electrons. The minimum absolute atomic E-state index is 0.189. The van der Waals surface area contributed by atoms with Gasteiger partial charge >= 0.3 is 0 Å². The van der Waals surface area contributed by atoms with Gasteiger partial charge in [0.2, 0.25) is 10.0 Å². The summed E-state index contributed by atoms with van der Waals surface area (Å²) in [5.41, 5.74) is 1.42. The molecule has 6 heteroatoms. The molecule has 0 fully saturated rings. The van der Waals surface area contributed by atoms with E-state index in [0.29, 0.717) is 10.0 Å². The van der Waals surface area contributed by atoms with E-state index in [4.69, 9.17) is 0 Å². The molecule has 0 bridgehead atoms. The van der Waals surface area contributed by atoms with E-state index in [2.05, 4.69) is 15.9 Å². The third kappa shape index (κ3) is 3.70. The van der Waals surface area contributed by atoms with Crippen molar-refractivity contribution in [3.63, 3.8) is 0 Å². The lowest BCUT2D eigenvalue weighted by molar-refractivity contribution is 0.466. The first-order valence-electron chi connectivity index (χ1n) is 6.27. The Hall–Kier alpha value is -1.24. The van der Waals surface area contributed by atoms with Gasteiger partial charge in [0.15, 0.2) is 0 Å². The molecule has 0 saturated carbocycles. The van der Waals surface area contributed by atoms with Gasteiger partial charge in [0.25, 0.3) is 0 Å². The highest BCUT2D eigenvalue weighted by Crippen LogP contribution is 2.24. The Morgan fingerprint density at radius 1 is 1.14 bits per heavy atom. The van der Waals surface area contributed by atoms with Crippen molar-refractivity contribution in [2.24, 2.45) is 0 Å². The van der Waals surface area contributed by atoms with Crippen LogP contribution in [0, 0.1) is 12.7 Å². The number of halogens is 2. The van der Waals surface area contributed by atoms with Crippen LogP contribution in [0.2, 0.25) is 0 Å². The molecule has 0 atom stereocenters. The van der Waals surface area contributed by atoms with Gasteiger partial charge in [-0.1, -0.05) is 34.1 Å². The molecular weight excluding hydrogens is 357 g/mol. The molecule has 0 saturated heterocycles. The fraction of sp³-hybridized carbons (Fsp3) is 0.200. The van der Waals surface area contributed by atoms with Gasteiger partial charge in [0.05, 0.1) is 4.90 Å². The quantitative estimate of drug-likeness (QED) is 0.821. The Labute approximate surface area is 132 Å². The summed E-state index contributed by atoms with van der Waals surface area (Å²) < 4.78 is 40.1. The summed E-state index contributed by atoms with van der Waals surface area (Å²) in [6.45, 7) is 1.94. The van der Waals surface area contributed by atoms with Gasteiger partial charge in [-0.3, -0.25) is 0 Å². The number of rotatable bonds is 4. The van der Waals surface area contributed by atoms with Gasteiger partial charge in [-0.25, -0.2) is 12.8 Å². The summed E-state index contributed by atoms with van der Waals surface area (Å²) in [7, 11) is -2.08. The molecule has 0 heterocycles. The first kappa shape index (κ1) is 16.1. The van der Waals surface area contributed by atoms with E-state index in [0.717, 1.165) is 5.56 Å². The molecule has 0 aliphatic heterocycles. The Balaban J connectivity index is 2.30. The summed E-state index contributed by atoms with van der Waals surface area (Å²) in [6.07, 6.45) is 0. The van der Waals surface area contributed by atoms with Gasteiger partial charge < -0.3 is 0 Å². The summed E-state index contributed by atoms with van der Waals surface area (Å²) in [6, 6.07) is 10.9. The van der Waals surface area contributed by atoms with Crippen LogP contribution in [-0.2, 0) is 16.6 Å². The fourth-order valence-electron chi connectivity index (χ4n) is 1.95. The van der Waals surface area contributed by atoms with E-state index in [-0.39, 0.29) is 17.3 Å². The minimum Gasteiger partial charge on any atom is -0.207 e. The van der Waals surface area contributed by atoms with Crippen molar-refractivity contribution in [2.45, 2.75) is 18.4 Å². The van der Waals surface area contributed by atoms with Gasteiger partial charge in [-0.2, -0.15) is 4.31 Å². The third-order valence-electron chi connectivity index (χ3n) is 3.16. The largest absolute Gasteiger partial charge is 0.243 e. The van der Waals surface area contributed by atoms with E-state index in [1.54, 1.807) is 37.3 Å². The highest BCUT2D eigenvalue weighted by atomic mass is 79.9. The molecule has 0 N–H and O–H groups in total. The lowest BCUT2D eigenvalue weighted by Crippen LogP contribution is -2.27. The van der Waals surface area contributed by atoms with E-state index in [1.165, 1.54) is 23.5 Å². The van der Waals surface area contributed by atoms with Crippen molar-refractivity contribution in [1.82, 2.24) is 4.31 Å². The van der Waals surface area contributed by atoms with Crippen LogP contribution in [0.15, 0.2) is 51.8 Å². The van der Waals surface area contributed by atoms with Crippen LogP contribution in [0.1, 0.15) is 11.1 Å². The Morgan fingerprint density at radius 2 is 1.76 bits per heavy atom. The van der Waals surface area contributed by atoms with Crippen molar-refractivity contribution in [2.75, 3.05) is 7.05 Å². The highest BCUT2D eigenvalue weighted by molar-refractivity contribution is 9.10. The first-order chi connectivity index (χ1) is 9.80. The first-order valence-corrected chi connectivity index (χ1v) is 8.51. The van der Waals surface area contributed by atoms with Crippen LogP contribution in [0.4, 0.5) is 4.39 Å². The molecule has 0 amide bonds. The molecule has 0 radical (unpaired) electrons. The predicted molar refractivity (Wildman–Crippen MR) is 83.9 cm³/mol. The number of sulfonamides is 1. The van der Waals surface area contributed by atoms with Crippen LogP contribution in [0.5, 0.6) is 0 Å². The molecule has 0 aromatic heterocycles. The van der Waals surface area contributed by atoms with Crippen molar-refractivity contribution < 1.29 is 12.8 Å². The zero-order valence-corrected chi connectivity index (χ0v) is 14.1. The second kappa shape index (κ2) is 6.25. The number of nitrogens with zero attached hydrogens (tertiary/aromatic N) is 1. The lowest BCUT2D eigenvalue weighted by atomic mass is 10.2. The number of benzene rings is 2. The Kier molecular flexibility index (Phi) is 4.81. The normalized spacial score (nSPS) is 11.9. The van der Waals surface area contributed by atoms with Gasteiger partial charge in [0.1, 0.15) is 5.82 Å². The average molecular weight is 372 g/mol. The number of hydrogen-bond acceptors (Lipinski definition) is 2. The van der Waals surface area contributed by atoms with E-state index in [1.807, 2.05) is 0 Å². The van der Waals surface area contributed by atoms with Crippen LogP contribution < -0.4 is 0 Å². The molecule has 3 nitrogen and oxygen atoms in total. The fourth-order valence-corrected chi connectivity index (χ4v) is 3.87. The standard InChI is InChI=1S/C15H15BrFNO2S/c1-11-3-6-13(16)9-15(11)21(19,20)18(2)10-12-4-7-14(17)8-5-12/h3-9H,10H2,1-2H3. The van der Waals surface area contributed by atoms with Crippen LogP contribution in [0.3, 0.4) is 0 Å². The second-order valence-corrected chi connectivity index (χ2v) is 7.73. The molecule has 2 aromatic rings. The lowest BCUT2D eigenvalue weighted by Gasteiger charge is -2.19. The molecule has 0 spiro atoms. The van der Waals surface area contributed by atoms with E-state index >= 15 is 0 Å². The number of aryl methyl sites for hydroxylation is 1. The maximum atomic E-state index is 12.9.